The monoisotopic (exact) mass is 249 g/mol. The predicted octanol–water partition coefficient (Wildman–Crippen LogP) is 3.65. The Labute approximate surface area is 109 Å². The lowest BCUT2D eigenvalue weighted by Crippen LogP contribution is -2.36. The maximum absolute atomic E-state index is 6.03. The fourth-order valence-corrected chi connectivity index (χ4v) is 2.97. The van der Waals surface area contributed by atoms with E-state index in [1.165, 1.54) is 23.1 Å². The third-order valence-electron chi connectivity index (χ3n) is 3.88. The molecule has 1 aromatic rings. The molecule has 0 radical (unpaired) electrons. The Kier molecular flexibility index (Phi) is 3.90. The molecule has 0 saturated heterocycles. The summed E-state index contributed by atoms with van der Waals surface area (Å²) in [5.41, 5.74) is 12.1. The van der Waals surface area contributed by atoms with Crippen LogP contribution in [-0.4, -0.2) is 6.54 Å². The van der Waals surface area contributed by atoms with Gasteiger partial charge in [0.2, 0.25) is 0 Å². The average molecular weight is 250 g/mol. The minimum absolute atomic E-state index is 0.212. The average Bonchev–Trinajstić information content (AvgIpc) is 2.38. The lowest BCUT2D eigenvalue weighted by atomic mass is 9.68. The number of fused-ring (bicyclic) bond motifs is 1. The first-order valence-corrected chi connectivity index (χ1v) is 6.65. The first-order valence-electron chi connectivity index (χ1n) is 6.22. The Bertz CT molecular complexity index is 425. The van der Waals surface area contributed by atoms with Crippen molar-refractivity contribution >= 4 is 11.6 Å². The normalized spacial score (nSPS) is 24.5. The van der Waals surface area contributed by atoms with Crippen molar-refractivity contribution in [2.45, 2.75) is 32.6 Å². The van der Waals surface area contributed by atoms with Gasteiger partial charge in [0, 0.05) is 5.54 Å². The molecule has 0 bridgehead atoms. The molecule has 2 N–H and O–H groups in total. The molecule has 1 atom stereocenters. The van der Waals surface area contributed by atoms with Crippen LogP contribution < -0.4 is 5.73 Å². The van der Waals surface area contributed by atoms with Crippen molar-refractivity contribution in [1.29, 1.82) is 0 Å². The standard InChI is InChI=1S/C15H20ClN/c1-12(10-16)8-15(11-17)7-6-13-4-2-3-5-14(13)9-15/h2-5,10H,6-9,11,17H2,1H3/b12-10-. The molecule has 1 unspecified atom stereocenters. The van der Waals surface area contributed by atoms with Crippen LogP contribution in [0.3, 0.4) is 0 Å². The van der Waals surface area contributed by atoms with E-state index in [-0.39, 0.29) is 5.41 Å². The van der Waals surface area contributed by atoms with Gasteiger partial charge in [-0.25, -0.2) is 0 Å². The number of benzene rings is 1. The SMILES string of the molecule is C/C(=C/Cl)CC1(CN)CCc2ccccc2C1. The van der Waals surface area contributed by atoms with E-state index in [0.29, 0.717) is 0 Å². The summed E-state index contributed by atoms with van der Waals surface area (Å²) in [7, 11) is 0. The highest BCUT2D eigenvalue weighted by Crippen LogP contribution is 2.39. The van der Waals surface area contributed by atoms with Gasteiger partial charge in [-0.2, -0.15) is 0 Å². The summed E-state index contributed by atoms with van der Waals surface area (Å²) < 4.78 is 0. The molecule has 2 heteroatoms. The minimum Gasteiger partial charge on any atom is -0.330 e. The van der Waals surface area contributed by atoms with Crippen LogP contribution in [0.25, 0.3) is 0 Å². The molecule has 1 aliphatic carbocycles. The van der Waals surface area contributed by atoms with Crippen LogP contribution in [0, 0.1) is 5.41 Å². The number of allylic oxidation sites excluding steroid dienone is 1. The molecule has 0 heterocycles. The number of rotatable bonds is 3. The van der Waals surface area contributed by atoms with Gasteiger partial charge >= 0.3 is 0 Å². The second-order valence-electron chi connectivity index (χ2n) is 5.28. The van der Waals surface area contributed by atoms with Crippen molar-refractivity contribution in [3.63, 3.8) is 0 Å². The zero-order chi connectivity index (χ0) is 12.3. The van der Waals surface area contributed by atoms with Crippen molar-refractivity contribution in [2.75, 3.05) is 6.54 Å². The zero-order valence-corrected chi connectivity index (χ0v) is 11.1. The van der Waals surface area contributed by atoms with Gasteiger partial charge in [0.1, 0.15) is 0 Å². The van der Waals surface area contributed by atoms with Crippen molar-refractivity contribution in [3.8, 4) is 0 Å². The van der Waals surface area contributed by atoms with Gasteiger partial charge < -0.3 is 5.73 Å². The maximum atomic E-state index is 6.03. The van der Waals surface area contributed by atoms with Crippen molar-refractivity contribution in [1.82, 2.24) is 0 Å². The van der Waals surface area contributed by atoms with Crippen molar-refractivity contribution in [3.05, 3.63) is 46.5 Å². The van der Waals surface area contributed by atoms with E-state index in [9.17, 15) is 0 Å². The molecule has 0 fully saturated rings. The Balaban J connectivity index is 2.23. The number of hydrogen-bond acceptors (Lipinski definition) is 1. The van der Waals surface area contributed by atoms with Crippen LogP contribution in [0.4, 0.5) is 0 Å². The smallest absolute Gasteiger partial charge is 0.00319 e. The van der Waals surface area contributed by atoms with Gasteiger partial charge in [0.15, 0.2) is 0 Å². The molecule has 1 aliphatic rings. The van der Waals surface area contributed by atoms with Crippen molar-refractivity contribution < 1.29 is 0 Å². The first-order chi connectivity index (χ1) is 8.19. The summed E-state index contributed by atoms with van der Waals surface area (Å²) in [4.78, 5) is 0. The molecule has 1 nitrogen and oxygen atoms in total. The predicted molar refractivity (Wildman–Crippen MR) is 74.2 cm³/mol. The number of nitrogens with two attached hydrogens (primary N) is 1. The summed E-state index contributed by atoms with van der Waals surface area (Å²) in [5.74, 6) is 0. The second kappa shape index (κ2) is 5.24. The van der Waals surface area contributed by atoms with E-state index < -0.39 is 0 Å². The molecular formula is C15H20ClN. The summed E-state index contributed by atoms with van der Waals surface area (Å²) in [6, 6.07) is 8.71. The summed E-state index contributed by atoms with van der Waals surface area (Å²) in [6.07, 6.45) is 4.41. The van der Waals surface area contributed by atoms with Crippen LogP contribution in [0.15, 0.2) is 35.4 Å². The molecule has 92 valence electrons. The Morgan fingerprint density at radius 2 is 2.12 bits per heavy atom. The van der Waals surface area contributed by atoms with E-state index in [1.807, 2.05) is 0 Å². The lowest BCUT2D eigenvalue weighted by molar-refractivity contribution is 0.253. The third kappa shape index (κ3) is 2.72. The van der Waals surface area contributed by atoms with E-state index in [1.54, 1.807) is 5.54 Å². The Hall–Kier alpha value is -0.790. The van der Waals surface area contributed by atoms with Gasteiger partial charge in [-0.15, -0.1) is 0 Å². The third-order valence-corrected chi connectivity index (χ3v) is 4.25. The molecule has 2 rings (SSSR count). The van der Waals surface area contributed by atoms with Gasteiger partial charge in [-0.05, 0) is 55.7 Å². The van der Waals surface area contributed by atoms with E-state index in [4.69, 9.17) is 17.3 Å². The summed E-state index contributed by atoms with van der Waals surface area (Å²) in [6.45, 7) is 2.83. The van der Waals surface area contributed by atoms with E-state index in [0.717, 1.165) is 25.8 Å². The number of aryl methyl sites for hydroxylation is 1. The molecule has 0 spiro atoms. The molecule has 0 aliphatic heterocycles. The van der Waals surface area contributed by atoms with Gasteiger partial charge in [0.05, 0.1) is 0 Å². The van der Waals surface area contributed by atoms with Gasteiger partial charge in [-0.1, -0.05) is 41.4 Å². The van der Waals surface area contributed by atoms with Crippen LogP contribution in [0.1, 0.15) is 30.9 Å². The maximum Gasteiger partial charge on any atom is 0.00319 e. The van der Waals surface area contributed by atoms with E-state index in [2.05, 4.69) is 31.2 Å². The molecular weight excluding hydrogens is 230 g/mol. The minimum atomic E-state index is 0.212. The highest BCUT2D eigenvalue weighted by molar-refractivity contribution is 6.25. The summed E-state index contributed by atoms with van der Waals surface area (Å²) in [5, 5.41) is 0. The van der Waals surface area contributed by atoms with Crippen LogP contribution in [0.2, 0.25) is 0 Å². The van der Waals surface area contributed by atoms with E-state index >= 15 is 0 Å². The van der Waals surface area contributed by atoms with Gasteiger partial charge in [0.25, 0.3) is 0 Å². The van der Waals surface area contributed by atoms with Gasteiger partial charge in [-0.3, -0.25) is 0 Å². The second-order valence-corrected chi connectivity index (χ2v) is 5.50. The van der Waals surface area contributed by atoms with Crippen molar-refractivity contribution in [2.24, 2.45) is 11.1 Å². The van der Waals surface area contributed by atoms with Crippen LogP contribution in [0.5, 0.6) is 0 Å². The Morgan fingerprint density at radius 1 is 1.41 bits per heavy atom. The lowest BCUT2D eigenvalue weighted by Gasteiger charge is -2.37. The highest BCUT2D eigenvalue weighted by Gasteiger charge is 2.33. The quantitative estimate of drug-likeness (QED) is 0.870. The molecule has 17 heavy (non-hydrogen) atoms. The molecule has 0 saturated carbocycles. The fourth-order valence-electron chi connectivity index (χ4n) is 2.89. The Morgan fingerprint density at radius 3 is 2.76 bits per heavy atom. The van der Waals surface area contributed by atoms with Crippen LogP contribution >= 0.6 is 11.6 Å². The summed E-state index contributed by atoms with van der Waals surface area (Å²) >= 11 is 5.79. The topological polar surface area (TPSA) is 26.0 Å². The first kappa shape index (κ1) is 12.7. The molecule has 1 aromatic carbocycles. The molecule has 0 aromatic heterocycles. The number of hydrogen-bond donors (Lipinski definition) is 1. The largest absolute Gasteiger partial charge is 0.330 e. The van der Waals surface area contributed by atoms with Crippen LogP contribution in [-0.2, 0) is 12.8 Å². The molecule has 0 amide bonds. The zero-order valence-electron chi connectivity index (χ0n) is 10.4. The highest BCUT2D eigenvalue weighted by atomic mass is 35.5. The fraction of sp³-hybridized carbons (Fsp3) is 0.467. The number of halogens is 1.